The van der Waals surface area contributed by atoms with Crippen LogP contribution in [-0.4, -0.2) is 16.6 Å². The number of rotatable bonds is 12. The zero-order valence-corrected chi connectivity index (χ0v) is 20.0. The minimum atomic E-state index is -1.73. The van der Waals surface area contributed by atoms with Crippen molar-refractivity contribution in [2.24, 2.45) is 0 Å². The molecule has 0 heterocycles. The van der Waals surface area contributed by atoms with Crippen molar-refractivity contribution in [3.63, 3.8) is 0 Å². The molecule has 0 N–H and O–H groups in total. The van der Waals surface area contributed by atoms with E-state index < -0.39 is 16.6 Å². The van der Waals surface area contributed by atoms with Gasteiger partial charge in [0, 0.05) is 0 Å². The zero-order valence-electron chi connectivity index (χ0n) is 18.0. The Balaban J connectivity index is 6.04. The van der Waals surface area contributed by atoms with Crippen molar-refractivity contribution in [1.29, 1.82) is 0 Å². The summed E-state index contributed by atoms with van der Waals surface area (Å²) < 4.78 is 7.61. The van der Waals surface area contributed by atoms with Crippen LogP contribution in [0.25, 0.3) is 0 Å². The predicted octanol–water partition coefficient (Wildman–Crippen LogP) is 8.13. The summed E-state index contributed by atoms with van der Waals surface area (Å²) in [5, 5.41) is 0. The molecule has 0 amide bonds. The quantitative estimate of drug-likeness (QED) is 0.320. The first-order valence-corrected chi connectivity index (χ1v) is 15.0. The monoisotopic (exact) mass is 358 g/mol. The summed E-state index contributed by atoms with van der Waals surface area (Å²) in [6.07, 6.45) is 5.11. The summed E-state index contributed by atoms with van der Waals surface area (Å²) in [5.41, 5.74) is 3.09. The lowest BCUT2D eigenvalue weighted by Crippen LogP contribution is -2.58. The zero-order chi connectivity index (χ0) is 18.3. The fourth-order valence-corrected chi connectivity index (χ4v) is 19.3. The Labute approximate surface area is 150 Å². The average Bonchev–Trinajstić information content (AvgIpc) is 2.60. The molecule has 0 aliphatic carbocycles. The molecule has 0 rings (SSSR count). The second kappa shape index (κ2) is 10.4. The van der Waals surface area contributed by atoms with E-state index in [9.17, 15) is 0 Å². The van der Waals surface area contributed by atoms with Crippen LogP contribution in [0.1, 0.15) is 94.9 Å². The third-order valence-electron chi connectivity index (χ3n) is 7.27. The first kappa shape index (κ1) is 23.4. The van der Waals surface area contributed by atoms with E-state index >= 15 is 0 Å². The maximum Gasteiger partial charge on any atom is 0.185 e. The van der Waals surface area contributed by atoms with Gasteiger partial charge in [-0.25, -0.2) is 0 Å². The molecule has 0 saturated carbocycles. The molecular formula is C20H46OSi2. The highest BCUT2D eigenvalue weighted by Crippen LogP contribution is 2.49. The fraction of sp³-hybridized carbons (Fsp3) is 1.00. The molecule has 0 bridgehead atoms. The van der Waals surface area contributed by atoms with Crippen molar-refractivity contribution in [3.05, 3.63) is 0 Å². The summed E-state index contributed by atoms with van der Waals surface area (Å²) in [6, 6.07) is 2.58. The van der Waals surface area contributed by atoms with Crippen molar-refractivity contribution < 1.29 is 4.12 Å². The Morgan fingerprint density at radius 2 is 0.739 bits per heavy atom. The molecule has 4 unspecified atom stereocenters. The third-order valence-corrected chi connectivity index (χ3v) is 20.8. The SMILES string of the molecule is CCC(C)[Si](CC)(O[Si](CC)(C(C)CC)C(C)CC)C(C)CC. The van der Waals surface area contributed by atoms with E-state index in [0.717, 1.165) is 22.2 Å². The lowest BCUT2D eigenvalue weighted by molar-refractivity contribution is 0.428. The number of hydrogen-bond acceptors (Lipinski definition) is 1. The molecule has 3 heteroatoms. The first-order chi connectivity index (χ1) is 10.8. The first-order valence-electron chi connectivity index (χ1n) is 10.5. The van der Waals surface area contributed by atoms with Gasteiger partial charge in [-0.15, -0.1) is 0 Å². The van der Waals surface area contributed by atoms with E-state index in [1.807, 2.05) is 0 Å². The second-order valence-electron chi connectivity index (χ2n) is 7.96. The normalized spacial score (nSPS) is 22.7. The molecule has 4 atom stereocenters. The minimum absolute atomic E-state index is 0.772. The lowest BCUT2D eigenvalue weighted by Gasteiger charge is -2.52. The third kappa shape index (κ3) is 4.73. The largest absolute Gasteiger partial charge is 0.454 e. The Morgan fingerprint density at radius 1 is 0.522 bits per heavy atom. The summed E-state index contributed by atoms with van der Waals surface area (Å²) in [6.45, 7) is 24.3. The van der Waals surface area contributed by atoms with Gasteiger partial charge in [-0.2, -0.15) is 0 Å². The maximum atomic E-state index is 7.61. The van der Waals surface area contributed by atoms with E-state index in [1.54, 1.807) is 0 Å². The summed E-state index contributed by atoms with van der Waals surface area (Å²) in [5.74, 6) is 0. The van der Waals surface area contributed by atoms with Crippen LogP contribution in [0.15, 0.2) is 0 Å². The summed E-state index contributed by atoms with van der Waals surface area (Å²) >= 11 is 0. The van der Waals surface area contributed by atoms with Crippen LogP contribution in [0.2, 0.25) is 34.3 Å². The maximum absolute atomic E-state index is 7.61. The van der Waals surface area contributed by atoms with Crippen molar-refractivity contribution >= 4 is 16.6 Å². The molecule has 1 nitrogen and oxygen atoms in total. The Hall–Kier alpha value is 0.394. The molecule has 0 saturated heterocycles. The molecule has 0 aliphatic heterocycles. The van der Waals surface area contributed by atoms with Crippen molar-refractivity contribution in [2.75, 3.05) is 0 Å². The highest BCUT2D eigenvalue weighted by atomic mass is 28.4. The fourth-order valence-electron chi connectivity index (χ4n) is 4.65. The smallest absolute Gasteiger partial charge is 0.185 e. The average molecular weight is 359 g/mol. The van der Waals surface area contributed by atoms with Gasteiger partial charge in [0.1, 0.15) is 0 Å². The van der Waals surface area contributed by atoms with E-state index in [4.69, 9.17) is 4.12 Å². The van der Waals surface area contributed by atoms with Gasteiger partial charge in [-0.3, -0.25) is 0 Å². The summed E-state index contributed by atoms with van der Waals surface area (Å²) in [7, 11) is -3.46. The van der Waals surface area contributed by atoms with Crippen LogP contribution in [0.3, 0.4) is 0 Å². The molecule has 0 aromatic carbocycles. The van der Waals surface area contributed by atoms with E-state index in [0.29, 0.717) is 0 Å². The van der Waals surface area contributed by atoms with Crippen molar-refractivity contribution in [1.82, 2.24) is 0 Å². The molecule has 0 aromatic heterocycles. The number of hydrogen-bond donors (Lipinski definition) is 0. The van der Waals surface area contributed by atoms with Gasteiger partial charge in [-0.05, 0) is 34.3 Å². The van der Waals surface area contributed by atoms with Crippen LogP contribution in [-0.2, 0) is 4.12 Å². The van der Waals surface area contributed by atoms with E-state index in [1.165, 1.54) is 37.8 Å². The molecule has 0 aliphatic rings. The molecule has 140 valence electrons. The van der Waals surface area contributed by atoms with Crippen LogP contribution in [0.4, 0.5) is 0 Å². The van der Waals surface area contributed by atoms with Crippen molar-refractivity contribution in [2.45, 2.75) is 129 Å². The Morgan fingerprint density at radius 3 is 0.870 bits per heavy atom. The molecule has 0 fully saturated rings. The van der Waals surface area contributed by atoms with Gasteiger partial charge in [0.25, 0.3) is 0 Å². The second-order valence-corrected chi connectivity index (χ2v) is 17.9. The molecule has 0 spiro atoms. The van der Waals surface area contributed by atoms with Gasteiger partial charge in [0.2, 0.25) is 0 Å². The summed E-state index contributed by atoms with van der Waals surface area (Å²) in [4.78, 5) is 0. The van der Waals surface area contributed by atoms with Gasteiger partial charge in [-0.1, -0.05) is 94.9 Å². The highest BCUT2D eigenvalue weighted by molar-refractivity contribution is 6.89. The molecule has 0 radical (unpaired) electrons. The lowest BCUT2D eigenvalue weighted by atomic mass is 10.3. The topological polar surface area (TPSA) is 9.23 Å². The molecule has 23 heavy (non-hydrogen) atoms. The molecular weight excluding hydrogens is 312 g/mol. The van der Waals surface area contributed by atoms with Crippen LogP contribution < -0.4 is 0 Å². The standard InChI is InChI=1S/C20H46OSi2/c1-11-17(7)22(15-5,18(8)12-2)21-23(16-6,19(9)13-3)20(10)14-4/h17-20H,11-16H2,1-10H3. The Bertz CT molecular complexity index is 269. The van der Waals surface area contributed by atoms with Gasteiger partial charge in [0.15, 0.2) is 16.6 Å². The minimum Gasteiger partial charge on any atom is -0.454 e. The van der Waals surface area contributed by atoms with E-state index in [2.05, 4.69) is 69.2 Å². The van der Waals surface area contributed by atoms with E-state index in [-0.39, 0.29) is 0 Å². The van der Waals surface area contributed by atoms with Crippen molar-refractivity contribution in [3.8, 4) is 0 Å². The highest BCUT2D eigenvalue weighted by Gasteiger charge is 2.52. The van der Waals surface area contributed by atoms with Gasteiger partial charge >= 0.3 is 0 Å². The molecule has 0 aromatic rings. The predicted molar refractivity (Wildman–Crippen MR) is 112 cm³/mol. The van der Waals surface area contributed by atoms with Gasteiger partial charge < -0.3 is 4.12 Å². The van der Waals surface area contributed by atoms with Gasteiger partial charge in [0.05, 0.1) is 0 Å². The Kier molecular flexibility index (Phi) is 10.6. The van der Waals surface area contributed by atoms with Crippen LogP contribution in [0.5, 0.6) is 0 Å². The van der Waals surface area contributed by atoms with Crippen LogP contribution in [0, 0.1) is 0 Å². The van der Waals surface area contributed by atoms with Crippen LogP contribution >= 0.6 is 0 Å².